The Labute approximate surface area is 131 Å². The van der Waals surface area contributed by atoms with Crippen molar-refractivity contribution >= 4 is 11.3 Å². The van der Waals surface area contributed by atoms with Crippen molar-refractivity contribution in [2.75, 3.05) is 46.9 Å². The zero-order chi connectivity index (χ0) is 14.7. The van der Waals surface area contributed by atoms with Crippen LogP contribution in [0.25, 0.3) is 0 Å². The van der Waals surface area contributed by atoms with E-state index in [1.807, 2.05) is 11.3 Å². The number of hydrogen-bond acceptors (Lipinski definition) is 5. The molecule has 0 saturated carbocycles. The van der Waals surface area contributed by atoms with Crippen LogP contribution in [-0.2, 0) is 16.0 Å². The molecule has 0 bridgehead atoms. The molecule has 5 heteroatoms. The van der Waals surface area contributed by atoms with Gasteiger partial charge in [-0.15, -0.1) is 11.3 Å². The molecule has 2 aliphatic rings. The summed E-state index contributed by atoms with van der Waals surface area (Å²) in [5.74, 6) is 0. The zero-order valence-corrected chi connectivity index (χ0v) is 13.9. The lowest BCUT2D eigenvalue weighted by atomic mass is 10.00. The van der Waals surface area contributed by atoms with Crippen molar-refractivity contribution < 1.29 is 9.47 Å². The van der Waals surface area contributed by atoms with Crippen molar-refractivity contribution in [2.45, 2.75) is 31.1 Å². The fourth-order valence-corrected chi connectivity index (χ4v) is 4.14. The van der Waals surface area contributed by atoms with Crippen LogP contribution in [0, 0.1) is 0 Å². The minimum Gasteiger partial charge on any atom is -0.377 e. The number of ether oxygens (including phenoxy) is 2. The summed E-state index contributed by atoms with van der Waals surface area (Å²) < 4.78 is 12.3. The smallest absolute Gasteiger partial charge is 0.105 e. The van der Waals surface area contributed by atoms with Gasteiger partial charge in [-0.05, 0) is 38.4 Å². The first kappa shape index (κ1) is 15.4. The highest BCUT2D eigenvalue weighted by atomic mass is 32.1. The van der Waals surface area contributed by atoms with E-state index in [-0.39, 0.29) is 5.60 Å². The molecule has 21 heavy (non-hydrogen) atoms. The molecule has 3 heterocycles. The molecule has 118 valence electrons. The Morgan fingerprint density at radius 1 is 1.48 bits per heavy atom. The molecule has 0 radical (unpaired) electrons. The molecule has 0 aliphatic carbocycles. The third-order valence-corrected chi connectivity index (χ3v) is 5.16. The molecular weight excluding hydrogens is 284 g/mol. The van der Waals surface area contributed by atoms with Crippen LogP contribution in [0.2, 0.25) is 0 Å². The fraction of sp³-hybridized carbons (Fsp3) is 0.750. The first-order valence-corrected chi connectivity index (χ1v) is 8.68. The van der Waals surface area contributed by atoms with Crippen molar-refractivity contribution in [1.29, 1.82) is 0 Å². The summed E-state index contributed by atoms with van der Waals surface area (Å²) >= 11 is 1.83. The standard InChI is InChI=1S/C16H26N2O2S/c1-17(2)10-14-5-6-16(20-14)12-18(7-8-19-13-16)11-15-4-3-9-21-15/h3-4,9,14H,5-8,10-13H2,1-2H3/t14-,16-/m1/s1. The number of likely N-dealkylation sites (N-methyl/N-ethyl adjacent to an activating group) is 1. The largest absolute Gasteiger partial charge is 0.377 e. The Balaban J connectivity index is 1.62. The number of nitrogens with zero attached hydrogens (tertiary/aromatic N) is 2. The number of hydrogen-bond donors (Lipinski definition) is 0. The van der Waals surface area contributed by atoms with Crippen LogP contribution < -0.4 is 0 Å². The van der Waals surface area contributed by atoms with Crippen molar-refractivity contribution in [2.24, 2.45) is 0 Å². The summed E-state index contributed by atoms with van der Waals surface area (Å²) in [6, 6.07) is 4.34. The molecule has 1 spiro atoms. The van der Waals surface area contributed by atoms with Gasteiger partial charge in [0.25, 0.3) is 0 Å². The molecule has 0 amide bonds. The molecule has 0 aromatic carbocycles. The maximum Gasteiger partial charge on any atom is 0.105 e. The number of rotatable bonds is 4. The Morgan fingerprint density at radius 3 is 3.14 bits per heavy atom. The van der Waals surface area contributed by atoms with Gasteiger partial charge in [-0.1, -0.05) is 6.07 Å². The second-order valence-electron chi connectivity index (χ2n) is 6.57. The molecular formula is C16H26N2O2S. The first-order chi connectivity index (χ1) is 10.2. The van der Waals surface area contributed by atoms with Gasteiger partial charge in [0.2, 0.25) is 0 Å². The van der Waals surface area contributed by atoms with Gasteiger partial charge in [0.1, 0.15) is 5.60 Å². The highest BCUT2D eigenvalue weighted by molar-refractivity contribution is 7.09. The van der Waals surface area contributed by atoms with Gasteiger partial charge in [-0.25, -0.2) is 0 Å². The van der Waals surface area contributed by atoms with Gasteiger partial charge in [-0.2, -0.15) is 0 Å². The van der Waals surface area contributed by atoms with Crippen molar-refractivity contribution in [3.05, 3.63) is 22.4 Å². The quantitative estimate of drug-likeness (QED) is 0.850. The van der Waals surface area contributed by atoms with Crippen LogP contribution in [-0.4, -0.2) is 68.4 Å². The topological polar surface area (TPSA) is 24.9 Å². The molecule has 2 aliphatic heterocycles. The molecule has 1 aromatic rings. The SMILES string of the molecule is CN(C)C[C@H]1CC[C@@]2(COCCN(Cc3cccs3)C2)O1. The molecule has 4 nitrogen and oxygen atoms in total. The molecule has 0 unspecified atom stereocenters. The Bertz CT molecular complexity index is 437. The Kier molecular flexibility index (Phi) is 4.96. The van der Waals surface area contributed by atoms with E-state index in [4.69, 9.17) is 9.47 Å². The van der Waals surface area contributed by atoms with E-state index in [1.165, 1.54) is 4.88 Å². The lowest BCUT2D eigenvalue weighted by Gasteiger charge is -2.32. The highest BCUT2D eigenvalue weighted by Gasteiger charge is 2.43. The summed E-state index contributed by atoms with van der Waals surface area (Å²) in [4.78, 5) is 6.14. The zero-order valence-electron chi connectivity index (χ0n) is 13.1. The average molecular weight is 310 g/mol. The molecule has 1 aromatic heterocycles. The molecule has 2 saturated heterocycles. The lowest BCUT2D eigenvalue weighted by molar-refractivity contribution is -0.0901. The summed E-state index contributed by atoms with van der Waals surface area (Å²) in [5.41, 5.74) is -0.0889. The second kappa shape index (κ2) is 6.75. The Hall–Kier alpha value is -0.460. The van der Waals surface area contributed by atoms with E-state index >= 15 is 0 Å². The van der Waals surface area contributed by atoms with Crippen LogP contribution in [0.4, 0.5) is 0 Å². The summed E-state index contributed by atoms with van der Waals surface area (Å²) in [5, 5.41) is 2.15. The van der Waals surface area contributed by atoms with E-state index in [9.17, 15) is 0 Å². The predicted molar refractivity (Wildman–Crippen MR) is 85.8 cm³/mol. The summed E-state index contributed by atoms with van der Waals surface area (Å²) in [7, 11) is 4.22. The van der Waals surface area contributed by atoms with Crippen molar-refractivity contribution in [3.63, 3.8) is 0 Å². The average Bonchev–Trinajstić information content (AvgIpc) is 3.00. The second-order valence-corrected chi connectivity index (χ2v) is 7.60. The van der Waals surface area contributed by atoms with Gasteiger partial charge < -0.3 is 14.4 Å². The monoisotopic (exact) mass is 310 g/mol. The fourth-order valence-electron chi connectivity index (χ4n) is 3.40. The summed E-state index contributed by atoms with van der Waals surface area (Å²) in [6.45, 7) is 5.58. The van der Waals surface area contributed by atoms with E-state index in [1.54, 1.807) is 0 Å². The van der Waals surface area contributed by atoms with Crippen molar-refractivity contribution in [1.82, 2.24) is 9.80 Å². The molecule has 2 atom stereocenters. The van der Waals surface area contributed by atoms with E-state index < -0.39 is 0 Å². The van der Waals surface area contributed by atoms with Crippen molar-refractivity contribution in [3.8, 4) is 0 Å². The predicted octanol–water partition coefficient (Wildman–Crippen LogP) is 2.06. The van der Waals surface area contributed by atoms with Gasteiger partial charge in [0, 0.05) is 31.1 Å². The van der Waals surface area contributed by atoms with E-state index in [0.717, 1.165) is 52.2 Å². The summed E-state index contributed by atoms with van der Waals surface area (Å²) in [6.07, 6.45) is 2.62. The first-order valence-electron chi connectivity index (χ1n) is 7.80. The van der Waals surface area contributed by atoms with Gasteiger partial charge in [0.15, 0.2) is 0 Å². The third-order valence-electron chi connectivity index (χ3n) is 4.30. The van der Waals surface area contributed by atoms with E-state index in [0.29, 0.717) is 6.10 Å². The highest BCUT2D eigenvalue weighted by Crippen LogP contribution is 2.33. The Morgan fingerprint density at radius 2 is 2.38 bits per heavy atom. The van der Waals surface area contributed by atoms with Crippen LogP contribution in [0.3, 0.4) is 0 Å². The number of thiophene rings is 1. The van der Waals surface area contributed by atoms with Crippen LogP contribution >= 0.6 is 11.3 Å². The van der Waals surface area contributed by atoms with Gasteiger partial charge in [-0.3, -0.25) is 4.90 Å². The van der Waals surface area contributed by atoms with Crippen LogP contribution in [0.5, 0.6) is 0 Å². The van der Waals surface area contributed by atoms with Crippen LogP contribution in [0.15, 0.2) is 17.5 Å². The molecule has 2 fully saturated rings. The van der Waals surface area contributed by atoms with Crippen LogP contribution in [0.1, 0.15) is 17.7 Å². The maximum absolute atomic E-state index is 6.43. The molecule has 3 rings (SSSR count). The maximum atomic E-state index is 6.43. The molecule has 0 N–H and O–H groups in total. The minimum atomic E-state index is -0.0889. The normalized spacial score (nSPS) is 31.1. The van der Waals surface area contributed by atoms with E-state index in [2.05, 4.69) is 41.4 Å². The minimum absolute atomic E-state index is 0.0889. The lowest BCUT2D eigenvalue weighted by Crippen LogP contribution is -2.44. The van der Waals surface area contributed by atoms with Gasteiger partial charge >= 0.3 is 0 Å². The van der Waals surface area contributed by atoms with Gasteiger partial charge in [0.05, 0.1) is 19.3 Å². The third kappa shape index (κ3) is 4.05.